The molecule has 5 aromatic rings. The fraction of sp³-hybridized carbons (Fsp3) is 0.105. The van der Waals surface area contributed by atoms with Gasteiger partial charge in [-0.15, -0.1) is 0 Å². The number of allylic oxidation sites excluding steroid dienone is 4. The predicted molar refractivity (Wildman–Crippen MR) is 171 cm³/mol. The summed E-state index contributed by atoms with van der Waals surface area (Å²) in [6.07, 6.45) is 9.58. The van der Waals surface area contributed by atoms with Crippen LogP contribution in [0.25, 0.3) is 22.3 Å². The van der Waals surface area contributed by atoms with Crippen molar-refractivity contribution in [1.82, 2.24) is 0 Å². The molecule has 9 rings (SSSR count). The molecule has 4 atom stereocenters. The molecule has 0 saturated heterocycles. The van der Waals surface area contributed by atoms with Gasteiger partial charge in [0.2, 0.25) is 0 Å². The summed E-state index contributed by atoms with van der Waals surface area (Å²) in [6, 6.07) is 41.1. The van der Waals surface area contributed by atoms with Crippen LogP contribution in [0, 0.1) is 11.8 Å². The van der Waals surface area contributed by atoms with E-state index >= 15 is 0 Å². The third-order valence-electron chi connectivity index (χ3n) is 10.0. The number of fused-ring (bicyclic) bond motifs is 16. The van der Waals surface area contributed by atoms with Gasteiger partial charge in [-0.1, -0.05) is 153 Å². The Kier molecular flexibility index (Phi) is 4.69. The third-order valence-corrected chi connectivity index (χ3v) is 11.4. The summed E-state index contributed by atoms with van der Waals surface area (Å²) >= 11 is 7.94. The van der Waals surface area contributed by atoms with Crippen molar-refractivity contribution in [3.8, 4) is 22.3 Å². The third kappa shape index (κ3) is 2.51. The van der Waals surface area contributed by atoms with Crippen LogP contribution in [0.4, 0.5) is 0 Å². The van der Waals surface area contributed by atoms with Crippen molar-refractivity contribution in [2.75, 3.05) is 0 Å². The Morgan fingerprint density at radius 3 is 1.23 bits per heavy atom. The smallest absolute Gasteiger partial charge is 0.0535 e. The first-order chi connectivity index (χ1) is 19.7. The first kappa shape index (κ1) is 23.3. The minimum atomic E-state index is -0.298. The summed E-state index contributed by atoms with van der Waals surface area (Å²) in [5, 5.41) is 0. The van der Waals surface area contributed by atoms with Gasteiger partial charge in [0.25, 0.3) is 0 Å². The van der Waals surface area contributed by atoms with Crippen LogP contribution in [-0.2, 0) is 10.8 Å². The lowest BCUT2D eigenvalue weighted by Gasteiger charge is -2.56. The highest BCUT2D eigenvalue weighted by Crippen LogP contribution is 2.70. The van der Waals surface area contributed by atoms with Crippen LogP contribution in [0.1, 0.15) is 33.4 Å². The van der Waals surface area contributed by atoms with Gasteiger partial charge >= 0.3 is 0 Å². The van der Waals surface area contributed by atoms with Crippen LogP contribution in [0.2, 0.25) is 0 Å². The zero-order valence-electron chi connectivity index (χ0n) is 21.6. The van der Waals surface area contributed by atoms with Crippen molar-refractivity contribution in [2.45, 2.75) is 10.8 Å². The fourth-order valence-electron chi connectivity index (χ4n) is 8.90. The Morgan fingerprint density at radius 1 is 0.400 bits per heavy atom. The first-order valence-corrected chi connectivity index (χ1v) is 15.5. The van der Waals surface area contributed by atoms with Gasteiger partial charge in [0.15, 0.2) is 0 Å². The molecule has 5 aromatic carbocycles. The number of benzene rings is 5. The Labute approximate surface area is 251 Å². The molecule has 0 bridgehead atoms. The summed E-state index contributed by atoms with van der Waals surface area (Å²) < 4.78 is 2.33. The van der Waals surface area contributed by atoms with Crippen molar-refractivity contribution in [3.63, 3.8) is 0 Å². The van der Waals surface area contributed by atoms with E-state index in [1.165, 1.54) is 64.6 Å². The molecule has 0 nitrogen and oxygen atoms in total. The van der Waals surface area contributed by atoms with Crippen molar-refractivity contribution >= 4 is 31.9 Å². The highest BCUT2D eigenvalue weighted by atomic mass is 79.9. The summed E-state index contributed by atoms with van der Waals surface area (Å²) in [6.45, 7) is 0. The van der Waals surface area contributed by atoms with E-state index in [1.54, 1.807) is 0 Å². The van der Waals surface area contributed by atoms with Crippen LogP contribution in [0.3, 0.4) is 0 Å². The molecule has 4 unspecified atom stereocenters. The lowest BCUT2D eigenvalue weighted by atomic mass is 9.45. The van der Waals surface area contributed by atoms with Gasteiger partial charge in [-0.2, -0.15) is 0 Å². The average Bonchev–Trinajstić information content (AvgIpc) is 3.47. The second-order valence-corrected chi connectivity index (χ2v) is 13.1. The molecule has 0 fully saturated rings. The van der Waals surface area contributed by atoms with Crippen LogP contribution in [0.15, 0.2) is 142 Å². The molecule has 2 spiro atoms. The summed E-state index contributed by atoms with van der Waals surface area (Å²) in [5.41, 5.74) is 13.2. The summed E-state index contributed by atoms with van der Waals surface area (Å²) in [4.78, 5) is 0. The van der Waals surface area contributed by atoms with Gasteiger partial charge in [0.05, 0.1) is 10.8 Å². The molecule has 0 heterocycles. The van der Waals surface area contributed by atoms with E-state index in [2.05, 4.69) is 165 Å². The van der Waals surface area contributed by atoms with Crippen molar-refractivity contribution in [1.29, 1.82) is 0 Å². The van der Waals surface area contributed by atoms with Gasteiger partial charge in [-0.05, 0) is 56.6 Å². The lowest BCUT2D eigenvalue weighted by molar-refractivity contribution is 0.253. The topological polar surface area (TPSA) is 0 Å². The Bertz CT molecular complexity index is 1820. The zero-order chi connectivity index (χ0) is 26.6. The monoisotopic (exact) mass is 638 g/mol. The maximum Gasteiger partial charge on any atom is 0.0535 e. The van der Waals surface area contributed by atoms with Crippen LogP contribution in [0.5, 0.6) is 0 Å². The standard InChI is InChI=1S/C38H24Br2/c39-33-21-9-19-31-35(33)23-11-1-3-13-25(23)37(31)27-15-5-7-17-29(27)38(30-18-8-6-16-28(30)37)26-14-4-2-12-24(26)36-32(38)20-10-22-34(36)40/h1-22,27,29H. The molecule has 4 aliphatic carbocycles. The van der Waals surface area contributed by atoms with Gasteiger partial charge in [0, 0.05) is 31.9 Å². The van der Waals surface area contributed by atoms with Gasteiger partial charge in [-0.3, -0.25) is 0 Å². The molecule has 0 radical (unpaired) electrons. The average molecular weight is 640 g/mol. The number of rotatable bonds is 0. The normalized spacial score (nSPS) is 25.8. The van der Waals surface area contributed by atoms with E-state index in [1.807, 2.05) is 0 Å². The van der Waals surface area contributed by atoms with E-state index in [4.69, 9.17) is 0 Å². The molecule has 0 N–H and O–H groups in total. The van der Waals surface area contributed by atoms with Gasteiger partial charge in [-0.25, -0.2) is 0 Å². The minimum absolute atomic E-state index is 0.224. The molecular weight excluding hydrogens is 616 g/mol. The molecule has 4 aliphatic rings. The quantitative estimate of drug-likeness (QED) is 0.158. The fourth-order valence-corrected chi connectivity index (χ4v) is 10.1. The van der Waals surface area contributed by atoms with E-state index in [9.17, 15) is 0 Å². The van der Waals surface area contributed by atoms with Crippen LogP contribution in [-0.4, -0.2) is 0 Å². The molecular formula is C38H24Br2. The molecule has 2 heteroatoms. The first-order valence-electron chi connectivity index (χ1n) is 13.9. The molecule has 0 aromatic heterocycles. The van der Waals surface area contributed by atoms with Crippen LogP contribution < -0.4 is 0 Å². The molecule has 40 heavy (non-hydrogen) atoms. The summed E-state index contributed by atoms with van der Waals surface area (Å²) in [5.74, 6) is 0.448. The summed E-state index contributed by atoms with van der Waals surface area (Å²) in [7, 11) is 0. The Balaban J connectivity index is 1.51. The largest absolute Gasteiger partial charge is 0.0792 e. The zero-order valence-corrected chi connectivity index (χ0v) is 24.8. The molecule has 0 saturated carbocycles. The van der Waals surface area contributed by atoms with Crippen LogP contribution >= 0.6 is 31.9 Å². The van der Waals surface area contributed by atoms with E-state index in [0.717, 1.165) is 0 Å². The van der Waals surface area contributed by atoms with Crippen molar-refractivity contribution < 1.29 is 0 Å². The molecule has 0 amide bonds. The SMILES string of the molecule is Brc1cccc2c1-c1ccccc1C21c2ccccc2C2(c3ccccc3-c3c(Br)cccc32)C2C=CC=CC21. The minimum Gasteiger partial charge on any atom is -0.0792 e. The highest BCUT2D eigenvalue weighted by Gasteiger charge is 2.64. The lowest BCUT2D eigenvalue weighted by Crippen LogP contribution is -2.53. The number of hydrogen-bond donors (Lipinski definition) is 0. The maximum atomic E-state index is 3.97. The molecule has 190 valence electrons. The second kappa shape index (κ2) is 8.06. The van der Waals surface area contributed by atoms with E-state index < -0.39 is 0 Å². The van der Waals surface area contributed by atoms with Crippen molar-refractivity contribution in [2.24, 2.45) is 11.8 Å². The Hall–Kier alpha value is -3.46. The van der Waals surface area contributed by atoms with Gasteiger partial charge < -0.3 is 0 Å². The van der Waals surface area contributed by atoms with Gasteiger partial charge in [0.1, 0.15) is 0 Å². The number of hydrogen-bond acceptors (Lipinski definition) is 0. The maximum absolute atomic E-state index is 3.97. The second-order valence-electron chi connectivity index (χ2n) is 11.4. The predicted octanol–water partition coefficient (Wildman–Crippen LogP) is 10.2. The van der Waals surface area contributed by atoms with E-state index in [-0.39, 0.29) is 22.7 Å². The van der Waals surface area contributed by atoms with Crippen molar-refractivity contribution in [3.05, 3.63) is 176 Å². The highest BCUT2D eigenvalue weighted by molar-refractivity contribution is 9.11. The molecule has 0 aliphatic heterocycles. The number of halogens is 2. The Morgan fingerprint density at radius 2 is 0.775 bits per heavy atom. The van der Waals surface area contributed by atoms with E-state index in [0.29, 0.717) is 0 Å².